The zero-order valence-electron chi connectivity index (χ0n) is 7.51. The largest absolute Gasteiger partial charge is 0.390 e. The molecule has 0 bridgehead atoms. The number of rotatable bonds is 2. The molecule has 0 spiro atoms. The molecule has 0 aromatic carbocycles. The van der Waals surface area contributed by atoms with Crippen LogP contribution < -0.4 is 0 Å². The summed E-state index contributed by atoms with van der Waals surface area (Å²) in [7, 11) is 0. The van der Waals surface area contributed by atoms with E-state index in [-0.39, 0.29) is 0 Å². The van der Waals surface area contributed by atoms with Crippen molar-refractivity contribution >= 4 is 0 Å². The van der Waals surface area contributed by atoms with Crippen LogP contribution in [-0.4, -0.2) is 10.7 Å². The molecular formula is C10H18O. The molecule has 0 amide bonds. The summed E-state index contributed by atoms with van der Waals surface area (Å²) in [5.41, 5.74) is -0.401. The summed E-state index contributed by atoms with van der Waals surface area (Å²) in [5, 5.41) is 9.67. The molecule has 1 aliphatic rings. The fourth-order valence-corrected chi connectivity index (χ4v) is 1.91. The molecule has 3 unspecified atom stereocenters. The van der Waals surface area contributed by atoms with Gasteiger partial charge in [-0.3, -0.25) is 0 Å². The minimum atomic E-state index is -0.401. The van der Waals surface area contributed by atoms with Gasteiger partial charge in [-0.1, -0.05) is 13.0 Å². The van der Waals surface area contributed by atoms with Gasteiger partial charge < -0.3 is 5.11 Å². The van der Waals surface area contributed by atoms with Crippen molar-refractivity contribution in [3.63, 3.8) is 0 Å². The third-order valence-corrected chi connectivity index (χ3v) is 2.87. The molecule has 0 aromatic heterocycles. The Morgan fingerprint density at radius 3 is 2.73 bits per heavy atom. The highest BCUT2D eigenvalue weighted by Crippen LogP contribution is 2.38. The summed E-state index contributed by atoms with van der Waals surface area (Å²) >= 11 is 0. The molecule has 11 heavy (non-hydrogen) atoms. The summed E-state index contributed by atoms with van der Waals surface area (Å²) in [5.74, 6) is 1.21. The van der Waals surface area contributed by atoms with E-state index in [2.05, 4.69) is 13.5 Å². The van der Waals surface area contributed by atoms with Crippen molar-refractivity contribution in [2.24, 2.45) is 11.8 Å². The van der Waals surface area contributed by atoms with E-state index in [1.54, 1.807) is 0 Å². The minimum Gasteiger partial charge on any atom is -0.390 e. The van der Waals surface area contributed by atoms with Crippen LogP contribution in [-0.2, 0) is 0 Å². The molecule has 1 saturated carbocycles. The molecule has 3 atom stereocenters. The zero-order chi connectivity index (χ0) is 8.48. The zero-order valence-corrected chi connectivity index (χ0v) is 7.51. The molecule has 1 rings (SSSR count). The van der Waals surface area contributed by atoms with E-state index < -0.39 is 5.60 Å². The van der Waals surface area contributed by atoms with E-state index in [0.717, 1.165) is 19.3 Å². The van der Waals surface area contributed by atoms with Gasteiger partial charge >= 0.3 is 0 Å². The standard InChI is InChI=1S/C10H18O/c1-4-8(2)9-5-6-10(3,11)7-9/h4,8-9,11H,1,5-7H2,2-3H3. The molecule has 0 aliphatic heterocycles. The van der Waals surface area contributed by atoms with Crippen molar-refractivity contribution in [2.45, 2.75) is 38.7 Å². The highest BCUT2D eigenvalue weighted by molar-refractivity contribution is 4.92. The molecule has 1 heteroatoms. The third-order valence-electron chi connectivity index (χ3n) is 2.87. The molecule has 0 heterocycles. The Labute approximate surface area is 69.1 Å². The van der Waals surface area contributed by atoms with Gasteiger partial charge in [0, 0.05) is 0 Å². The lowest BCUT2D eigenvalue weighted by Gasteiger charge is -2.18. The predicted molar refractivity (Wildman–Crippen MR) is 47.3 cm³/mol. The Balaban J connectivity index is 2.47. The van der Waals surface area contributed by atoms with Crippen LogP contribution in [0.25, 0.3) is 0 Å². The lowest BCUT2D eigenvalue weighted by atomic mass is 9.91. The average Bonchev–Trinajstić information content (AvgIpc) is 2.29. The van der Waals surface area contributed by atoms with Gasteiger partial charge in [-0.25, -0.2) is 0 Å². The maximum absolute atomic E-state index is 9.67. The van der Waals surface area contributed by atoms with Crippen LogP contribution in [0.4, 0.5) is 0 Å². The molecule has 1 fully saturated rings. The van der Waals surface area contributed by atoms with Gasteiger partial charge in [-0.05, 0) is 38.0 Å². The summed E-state index contributed by atoms with van der Waals surface area (Å²) < 4.78 is 0. The summed E-state index contributed by atoms with van der Waals surface area (Å²) in [6.07, 6.45) is 5.04. The van der Waals surface area contributed by atoms with Crippen molar-refractivity contribution in [3.8, 4) is 0 Å². The van der Waals surface area contributed by atoms with Crippen LogP contribution in [0.5, 0.6) is 0 Å². The molecular weight excluding hydrogens is 136 g/mol. The van der Waals surface area contributed by atoms with Gasteiger partial charge in [-0.15, -0.1) is 6.58 Å². The monoisotopic (exact) mass is 154 g/mol. The number of hydrogen-bond donors (Lipinski definition) is 1. The fourth-order valence-electron chi connectivity index (χ4n) is 1.91. The lowest BCUT2D eigenvalue weighted by molar-refractivity contribution is 0.0617. The smallest absolute Gasteiger partial charge is 0.0622 e. The average molecular weight is 154 g/mol. The van der Waals surface area contributed by atoms with Gasteiger partial charge in [0.2, 0.25) is 0 Å². The van der Waals surface area contributed by atoms with Crippen molar-refractivity contribution in [1.29, 1.82) is 0 Å². The van der Waals surface area contributed by atoms with Crippen molar-refractivity contribution < 1.29 is 5.11 Å². The van der Waals surface area contributed by atoms with Crippen LogP contribution in [0.15, 0.2) is 12.7 Å². The van der Waals surface area contributed by atoms with E-state index in [9.17, 15) is 5.11 Å². The molecule has 64 valence electrons. The second-order valence-corrected chi connectivity index (χ2v) is 4.09. The second-order valence-electron chi connectivity index (χ2n) is 4.09. The van der Waals surface area contributed by atoms with Crippen molar-refractivity contribution in [3.05, 3.63) is 12.7 Å². The first-order valence-electron chi connectivity index (χ1n) is 4.40. The molecule has 0 aromatic rings. The highest BCUT2D eigenvalue weighted by atomic mass is 16.3. The summed E-state index contributed by atoms with van der Waals surface area (Å²) in [6.45, 7) is 7.88. The Kier molecular flexibility index (Phi) is 2.38. The first kappa shape index (κ1) is 8.79. The number of aliphatic hydroxyl groups is 1. The van der Waals surface area contributed by atoms with Gasteiger partial charge in [0.25, 0.3) is 0 Å². The van der Waals surface area contributed by atoms with E-state index in [4.69, 9.17) is 0 Å². The lowest BCUT2D eigenvalue weighted by Crippen LogP contribution is -2.19. The normalized spacial score (nSPS) is 40.5. The predicted octanol–water partition coefficient (Wildman–Crippen LogP) is 2.36. The molecule has 0 saturated heterocycles. The first-order chi connectivity index (χ1) is 5.05. The Morgan fingerprint density at radius 2 is 2.36 bits per heavy atom. The van der Waals surface area contributed by atoms with Crippen LogP contribution in [0.3, 0.4) is 0 Å². The van der Waals surface area contributed by atoms with E-state index in [0.29, 0.717) is 11.8 Å². The quantitative estimate of drug-likeness (QED) is 0.605. The minimum absolute atomic E-state index is 0.401. The molecule has 1 aliphatic carbocycles. The summed E-state index contributed by atoms with van der Waals surface area (Å²) in [4.78, 5) is 0. The first-order valence-corrected chi connectivity index (χ1v) is 4.40. The Hall–Kier alpha value is -0.300. The van der Waals surface area contributed by atoms with E-state index in [1.165, 1.54) is 0 Å². The molecule has 1 N–H and O–H groups in total. The SMILES string of the molecule is C=CC(C)C1CCC(C)(O)C1. The Bertz CT molecular complexity index is 149. The Morgan fingerprint density at radius 1 is 1.73 bits per heavy atom. The van der Waals surface area contributed by atoms with E-state index in [1.807, 2.05) is 13.0 Å². The van der Waals surface area contributed by atoms with Gasteiger partial charge in [0.1, 0.15) is 0 Å². The number of hydrogen-bond acceptors (Lipinski definition) is 1. The van der Waals surface area contributed by atoms with Crippen LogP contribution in [0, 0.1) is 11.8 Å². The van der Waals surface area contributed by atoms with E-state index >= 15 is 0 Å². The molecule has 1 nitrogen and oxygen atoms in total. The molecule has 0 radical (unpaired) electrons. The number of allylic oxidation sites excluding steroid dienone is 1. The fraction of sp³-hybridized carbons (Fsp3) is 0.800. The second kappa shape index (κ2) is 2.98. The topological polar surface area (TPSA) is 20.2 Å². The van der Waals surface area contributed by atoms with Crippen LogP contribution in [0.2, 0.25) is 0 Å². The van der Waals surface area contributed by atoms with Crippen molar-refractivity contribution in [2.75, 3.05) is 0 Å². The van der Waals surface area contributed by atoms with Crippen LogP contribution >= 0.6 is 0 Å². The maximum Gasteiger partial charge on any atom is 0.0622 e. The van der Waals surface area contributed by atoms with Crippen molar-refractivity contribution in [1.82, 2.24) is 0 Å². The van der Waals surface area contributed by atoms with Gasteiger partial charge in [0.05, 0.1) is 5.60 Å². The van der Waals surface area contributed by atoms with Gasteiger partial charge in [-0.2, -0.15) is 0 Å². The van der Waals surface area contributed by atoms with Gasteiger partial charge in [0.15, 0.2) is 0 Å². The van der Waals surface area contributed by atoms with Crippen LogP contribution in [0.1, 0.15) is 33.1 Å². The third kappa shape index (κ3) is 2.06. The summed E-state index contributed by atoms with van der Waals surface area (Å²) in [6, 6.07) is 0. The maximum atomic E-state index is 9.67. The highest BCUT2D eigenvalue weighted by Gasteiger charge is 2.34.